The van der Waals surface area contributed by atoms with Gasteiger partial charge in [0.2, 0.25) is 12.6 Å². The topological polar surface area (TPSA) is 87.4 Å². The van der Waals surface area contributed by atoms with E-state index in [1.165, 1.54) is 19.2 Å². The van der Waals surface area contributed by atoms with Crippen molar-refractivity contribution < 1.29 is 32.5 Å². The van der Waals surface area contributed by atoms with Gasteiger partial charge in [0.15, 0.2) is 28.4 Å². The molecule has 1 aromatic heterocycles. The summed E-state index contributed by atoms with van der Waals surface area (Å²) in [5, 5.41) is 0.0689. The maximum Gasteiger partial charge on any atom is 0.291 e. The second-order valence-corrected chi connectivity index (χ2v) is 8.68. The van der Waals surface area contributed by atoms with Gasteiger partial charge < -0.3 is 28.3 Å². The molecule has 0 aliphatic carbocycles. The molecule has 1 amide bonds. The van der Waals surface area contributed by atoms with Gasteiger partial charge in [-0.15, -0.1) is 0 Å². The SMILES string of the molecule is CCOc1ccc(C2c3c(oc4ccc(F)cc4c3=O)C(=O)N2Cc2ccc3c(c2)OCO3)cc1OC. The molecule has 0 bridgehead atoms. The van der Waals surface area contributed by atoms with E-state index in [1.807, 2.05) is 13.0 Å². The fourth-order valence-electron chi connectivity index (χ4n) is 4.87. The highest BCUT2D eigenvalue weighted by atomic mass is 19.1. The zero-order valence-electron chi connectivity index (χ0n) is 20.1. The molecular weight excluding hydrogens is 481 g/mol. The Bertz CT molecular complexity index is 1610. The molecule has 37 heavy (non-hydrogen) atoms. The Morgan fingerprint density at radius 2 is 1.84 bits per heavy atom. The van der Waals surface area contributed by atoms with Crippen LogP contribution in [0.15, 0.2) is 63.8 Å². The molecule has 3 heterocycles. The first kappa shape index (κ1) is 22.9. The number of hydrogen-bond acceptors (Lipinski definition) is 7. The first-order valence-corrected chi connectivity index (χ1v) is 11.7. The van der Waals surface area contributed by atoms with Crippen molar-refractivity contribution in [1.82, 2.24) is 4.90 Å². The largest absolute Gasteiger partial charge is 0.493 e. The van der Waals surface area contributed by atoms with Crippen molar-refractivity contribution in [3.63, 3.8) is 0 Å². The summed E-state index contributed by atoms with van der Waals surface area (Å²) in [6.07, 6.45) is 0. The summed E-state index contributed by atoms with van der Waals surface area (Å²) in [5.41, 5.74) is 1.23. The molecule has 2 aliphatic rings. The summed E-state index contributed by atoms with van der Waals surface area (Å²) < 4.78 is 42.0. The van der Waals surface area contributed by atoms with Crippen LogP contribution >= 0.6 is 0 Å². The highest BCUT2D eigenvalue weighted by Crippen LogP contribution is 2.42. The number of halogens is 1. The molecule has 0 fully saturated rings. The Morgan fingerprint density at radius 3 is 2.65 bits per heavy atom. The molecule has 2 aliphatic heterocycles. The maximum atomic E-state index is 14.0. The van der Waals surface area contributed by atoms with Crippen LogP contribution in [-0.2, 0) is 6.54 Å². The fraction of sp³-hybridized carbons (Fsp3) is 0.214. The molecule has 9 heteroatoms. The zero-order chi connectivity index (χ0) is 25.7. The molecule has 0 N–H and O–H groups in total. The lowest BCUT2D eigenvalue weighted by molar-refractivity contribution is 0.0714. The predicted molar refractivity (Wildman–Crippen MR) is 131 cm³/mol. The van der Waals surface area contributed by atoms with E-state index in [9.17, 15) is 14.0 Å². The summed E-state index contributed by atoms with van der Waals surface area (Å²) in [6.45, 7) is 2.59. The maximum absolute atomic E-state index is 14.0. The van der Waals surface area contributed by atoms with E-state index in [-0.39, 0.29) is 35.6 Å². The molecule has 0 saturated heterocycles. The van der Waals surface area contributed by atoms with Crippen molar-refractivity contribution in [2.75, 3.05) is 20.5 Å². The van der Waals surface area contributed by atoms with Crippen LogP contribution in [0.2, 0.25) is 0 Å². The summed E-state index contributed by atoms with van der Waals surface area (Å²) in [5.74, 6) is 1.11. The van der Waals surface area contributed by atoms with Gasteiger partial charge in [-0.2, -0.15) is 0 Å². The zero-order valence-corrected chi connectivity index (χ0v) is 20.1. The number of hydrogen-bond donors (Lipinski definition) is 0. The van der Waals surface area contributed by atoms with Crippen molar-refractivity contribution in [2.45, 2.75) is 19.5 Å². The van der Waals surface area contributed by atoms with E-state index in [0.717, 1.165) is 11.6 Å². The predicted octanol–water partition coefficient (Wildman–Crippen LogP) is 4.81. The van der Waals surface area contributed by atoms with Crippen molar-refractivity contribution in [1.29, 1.82) is 0 Å². The second-order valence-electron chi connectivity index (χ2n) is 8.68. The van der Waals surface area contributed by atoms with Gasteiger partial charge in [-0.25, -0.2) is 4.39 Å². The lowest BCUT2D eigenvalue weighted by Crippen LogP contribution is -2.29. The number of nitrogens with zero attached hydrogens (tertiary/aromatic N) is 1. The Hall–Kier alpha value is -4.53. The minimum Gasteiger partial charge on any atom is -0.493 e. The van der Waals surface area contributed by atoms with Gasteiger partial charge in [0.25, 0.3) is 5.91 Å². The van der Waals surface area contributed by atoms with Crippen molar-refractivity contribution in [2.24, 2.45) is 0 Å². The van der Waals surface area contributed by atoms with Crippen LogP contribution in [0.4, 0.5) is 4.39 Å². The number of fused-ring (bicyclic) bond motifs is 3. The van der Waals surface area contributed by atoms with Crippen molar-refractivity contribution in [3.8, 4) is 23.0 Å². The molecule has 0 spiro atoms. The summed E-state index contributed by atoms with van der Waals surface area (Å²) in [7, 11) is 1.52. The molecule has 4 aromatic rings. The van der Waals surface area contributed by atoms with E-state index in [0.29, 0.717) is 35.2 Å². The lowest BCUT2D eigenvalue weighted by Gasteiger charge is -2.26. The molecule has 0 saturated carbocycles. The van der Waals surface area contributed by atoms with Crippen LogP contribution < -0.4 is 24.4 Å². The third kappa shape index (κ3) is 3.74. The monoisotopic (exact) mass is 503 g/mol. The van der Waals surface area contributed by atoms with Crippen LogP contribution in [0.3, 0.4) is 0 Å². The molecule has 3 aromatic carbocycles. The Labute approximate surface area is 210 Å². The molecule has 1 unspecified atom stereocenters. The van der Waals surface area contributed by atoms with Gasteiger partial charge in [-0.1, -0.05) is 12.1 Å². The highest BCUT2D eigenvalue weighted by molar-refractivity contribution is 5.99. The van der Waals surface area contributed by atoms with Gasteiger partial charge in [-0.05, 0) is 60.5 Å². The number of carbonyl (C=O) groups is 1. The van der Waals surface area contributed by atoms with Gasteiger partial charge in [-0.3, -0.25) is 9.59 Å². The van der Waals surface area contributed by atoms with Gasteiger partial charge >= 0.3 is 0 Å². The molecule has 0 radical (unpaired) electrons. The fourth-order valence-corrected chi connectivity index (χ4v) is 4.87. The van der Waals surface area contributed by atoms with E-state index >= 15 is 0 Å². The quantitative estimate of drug-likeness (QED) is 0.373. The van der Waals surface area contributed by atoms with Gasteiger partial charge in [0.1, 0.15) is 11.4 Å². The van der Waals surface area contributed by atoms with E-state index in [2.05, 4.69) is 0 Å². The molecule has 6 rings (SSSR count). The molecule has 8 nitrogen and oxygen atoms in total. The lowest BCUT2D eigenvalue weighted by atomic mass is 9.97. The summed E-state index contributed by atoms with van der Waals surface area (Å²) in [6, 6.07) is 13.5. The third-order valence-corrected chi connectivity index (χ3v) is 6.52. The standard InChI is InChI=1S/C28H22FNO7/c1-3-34-20-8-5-16(11-22(20)33-2)25-24-26(31)18-12-17(29)6-9-19(18)37-27(24)28(32)30(25)13-15-4-7-21-23(10-15)36-14-35-21/h4-12,25H,3,13-14H2,1-2H3. The average Bonchev–Trinajstić information content (AvgIpc) is 3.48. The third-order valence-electron chi connectivity index (χ3n) is 6.52. The van der Waals surface area contributed by atoms with E-state index < -0.39 is 23.2 Å². The average molecular weight is 503 g/mol. The Balaban J connectivity index is 1.52. The van der Waals surface area contributed by atoms with E-state index in [4.69, 9.17) is 23.4 Å². The van der Waals surface area contributed by atoms with Crippen LogP contribution in [0.5, 0.6) is 23.0 Å². The number of carbonyl (C=O) groups excluding carboxylic acids is 1. The summed E-state index contributed by atoms with van der Waals surface area (Å²) >= 11 is 0. The first-order valence-electron chi connectivity index (χ1n) is 11.7. The van der Waals surface area contributed by atoms with Crippen LogP contribution in [0, 0.1) is 5.82 Å². The Kier molecular flexibility index (Phi) is 5.48. The van der Waals surface area contributed by atoms with Crippen LogP contribution in [0.25, 0.3) is 11.0 Å². The highest BCUT2D eigenvalue weighted by Gasteiger charge is 2.43. The van der Waals surface area contributed by atoms with Crippen molar-refractivity contribution >= 4 is 16.9 Å². The number of ether oxygens (including phenoxy) is 4. The molecule has 1 atom stereocenters. The Morgan fingerprint density at radius 1 is 1.00 bits per heavy atom. The number of methoxy groups -OCH3 is 1. The minimum atomic E-state index is -0.804. The normalized spacial score (nSPS) is 15.8. The first-order chi connectivity index (χ1) is 18.0. The van der Waals surface area contributed by atoms with Gasteiger partial charge in [0, 0.05) is 6.54 Å². The minimum absolute atomic E-state index is 0.0669. The second kappa shape index (κ2) is 8.85. The number of benzene rings is 3. The number of amides is 1. The van der Waals surface area contributed by atoms with E-state index in [1.54, 1.807) is 35.2 Å². The molecular formula is C28H22FNO7. The van der Waals surface area contributed by atoms with Gasteiger partial charge in [0.05, 0.1) is 30.7 Å². The van der Waals surface area contributed by atoms with Crippen LogP contribution in [0.1, 0.15) is 40.2 Å². The van der Waals surface area contributed by atoms with Crippen LogP contribution in [-0.4, -0.2) is 31.3 Å². The molecule has 188 valence electrons. The van der Waals surface area contributed by atoms with Crippen molar-refractivity contribution in [3.05, 3.63) is 93.1 Å². The number of rotatable bonds is 6. The smallest absolute Gasteiger partial charge is 0.291 e. The summed E-state index contributed by atoms with van der Waals surface area (Å²) in [4.78, 5) is 28.9.